The fourth-order valence-electron chi connectivity index (χ4n) is 2.61. The molecular formula is C17H16N4O2S. The van der Waals surface area contributed by atoms with Gasteiger partial charge in [0, 0.05) is 11.1 Å². The third kappa shape index (κ3) is 2.56. The highest BCUT2D eigenvalue weighted by molar-refractivity contribution is 7.99. The van der Waals surface area contributed by atoms with E-state index in [1.54, 1.807) is 6.07 Å². The maximum Gasteiger partial charge on any atom is 0.212 e. The lowest BCUT2D eigenvalue weighted by molar-refractivity contribution is 0.340. The molecule has 1 aliphatic heterocycles. The minimum absolute atomic E-state index is 0.0989. The van der Waals surface area contributed by atoms with Crippen LogP contribution in [0.2, 0.25) is 0 Å². The number of benzene rings is 2. The summed E-state index contributed by atoms with van der Waals surface area (Å²) in [6, 6.07) is 15.1. The molecule has 1 aromatic heterocycles. The summed E-state index contributed by atoms with van der Waals surface area (Å²) in [7, 11) is 0. The van der Waals surface area contributed by atoms with Gasteiger partial charge in [-0.05, 0) is 37.3 Å². The van der Waals surface area contributed by atoms with E-state index in [1.807, 2.05) is 54.1 Å². The van der Waals surface area contributed by atoms with E-state index in [0.29, 0.717) is 6.61 Å². The van der Waals surface area contributed by atoms with Crippen LogP contribution >= 0.6 is 11.8 Å². The first kappa shape index (κ1) is 14.9. The molecule has 0 spiro atoms. The number of aromatic nitrogens is 3. The lowest BCUT2D eigenvalue weighted by Crippen LogP contribution is -2.13. The van der Waals surface area contributed by atoms with Crippen LogP contribution in [0.15, 0.2) is 53.7 Å². The first-order valence-electron chi connectivity index (χ1n) is 7.66. The number of rotatable bonds is 4. The van der Waals surface area contributed by atoms with Gasteiger partial charge in [-0.3, -0.25) is 0 Å². The van der Waals surface area contributed by atoms with Crippen molar-refractivity contribution in [2.24, 2.45) is 0 Å². The van der Waals surface area contributed by atoms with Gasteiger partial charge in [-0.2, -0.15) is 0 Å². The van der Waals surface area contributed by atoms with Crippen LogP contribution in [0.4, 0.5) is 0 Å². The largest absolute Gasteiger partial charge is 0.508 e. The molecule has 4 rings (SSSR count). The van der Waals surface area contributed by atoms with Crippen molar-refractivity contribution in [1.29, 1.82) is 0 Å². The highest BCUT2D eigenvalue weighted by Gasteiger charge is 2.29. The van der Waals surface area contributed by atoms with E-state index in [1.165, 1.54) is 11.8 Å². The molecule has 0 saturated carbocycles. The lowest BCUT2D eigenvalue weighted by Gasteiger charge is -2.13. The highest BCUT2D eigenvalue weighted by Crippen LogP contribution is 2.42. The van der Waals surface area contributed by atoms with Crippen LogP contribution in [-0.2, 0) is 0 Å². The normalized spacial score (nSPS) is 15.8. The van der Waals surface area contributed by atoms with Crippen LogP contribution in [0.1, 0.15) is 17.9 Å². The Bertz CT molecular complexity index is 863. The molecule has 0 amide bonds. The molecule has 6 nitrogen and oxygen atoms in total. The number of phenols is 1. The Hall–Kier alpha value is -2.67. The number of nitrogens with zero attached hydrogens (tertiary/aromatic N) is 3. The van der Waals surface area contributed by atoms with Crippen LogP contribution in [0.5, 0.6) is 11.5 Å². The van der Waals surface area contributed by atoms with E-state index >= 15 is 0 Å². The molecule has 0 saturated heterocycles. The molecule has 1 aliphatic rings. The molecule has 2 heterocycles. The fraction of sp³-hybridized carbons (Fsp3) is 0.176. The maximum atomic E-state index is 10.0. The standard InChI is InChI=1S/C17H16N4O2S/c1-2-23-12-9-7-11(8-10-12)15-18-19-17-21(15)20-16(24-17)13-5-3-4-6-14(13)22/h3-10,16,20,22H,2H2,1H3/t16-/m0/s1. The number of ether oxygens (including phenoxy) is 1. The second-order valence-corrected chi connectivity index (χ2v) is 6.36. The molecule has 2 aromatic carbocycles. The van der Waals surface area contributed by atoms with Crippen LogP contribution < -0.4 is 10.2 Å². The van der Waals surface area contributed by atoms with E-state index in [0.717, 1.165) is 27.9 Å². The summed E-state index contributed by atoms with van der Waals surface area (Å²) in [6.45, 7) is 2.60. The molecular weight excluding hydrogens is 324 g/mol. The summed E-state index contributed by atoms with van der Waals surface area (Å²) >= 11 is 1.52. The topological polar surface area (TPSA) is 72.2 Å². The smallest absolute Gasteiger partial charge is 0.212 e. The SMILES string of the molecule is CCOc1ccc(-c2nnc3n2N[C@H](c2ccccc2O)S3)cc1. The first-order chi connectivity index (χ1) is 11.8. The molecule has 0 bridgehead atoms. The Morgan fingerprint density at radius 3 is 2.71 bits per heavy atom. The molecule has 1 atom stereocenters. The van der Waals surface area contributed by atoms with Gasteiger partial charge in [0.25, 0.3) is 0 Å². The van der Waals surface area contributed by atoms with Gasteiger partial charge < -0.3 is 15.3 Å². The van der Waals surface area contributed by atoms with Crippen molar-refractivity contribution < 1.29 is 9.84 Å². The number of phenolic OH excluding ortho intramolecular Hbond substituents is 1. The number of hydrogen-bond donors (Lipinski definition) is 2. The van der Waals surface area contributed by atoms with Gasteiger partial charge in [0.15, 0.2) is 5.82 Å². The van der Waals surface area contributed by atoms with Gasteiger partial charge >= 0.3 is 0 Å². The summed E-state index contributed by atoms with van der Waals surface area (Å²) in [5, 5.41) is 19.2. The van der Waals surface area contributed by atoms with E-state index in [2.05, 4.69) is 15.6 Å². The summed E-state index contributed by atoms with van der Waals surface area (Å²) in [6.07, 6.45) is 0. The Morgan fingerprint density at radius 2 is 1.96 bits per heavy atom. The molecule has 0 unspecified atom stereocenters. The van der Waals surface area contributed by atoms with Gasteiger partial charge in [0.05, 0.1) is 6.61 Å². The Balaban J connectivity index is 1.61. The summed E-state index contributed by atoms with van der Waals surface area (Å²) in [5.74, 6) is 1.83. The minimum atomic E-state index is -0.0989. The maximum absolute atomic E-state index is 10.0. The molecule has 122 valence electrons. The van der Waals surface area contributed by atoms with Crippen molar-refractivity contribution in [3.8, 4) is 22.9 Å². The minimum Gasteiger partial charge on any atom is -0.508 e. The second-order valence-electron chi connectivity index (χ2n) is 5.28. The monoisotopic (exact) mass is 340 g/mol. The molecule has 0 fully saturated rings. The van der Waals surface area contributed by atoms with E-state index < -0.39 is 0 Å². The number of fused-ring (bicyclic) bond motifs is 1. The molecule has 24 heavy (non-hydrogen) atoms. The van der Waals surface area contributed by atoms with Crippen LogP contribution in [0, 0.1) is 0 Å². The van der Waals surface area contributed by atoms with Crippen LogP contribution in [0.25, 0.3) is 11.4 Å². The van der Waals surface area contributed by atoms with E-state index in [4.69, 9.17) is 4.74 Å². The van der Waals surface area contributed by atoms with Gasteiger partial charge in [0.1, 0.15) is 16.9 Å². The number of thioether (sulfide) groups is 1. The number of para-hydroxylation sites is 1. The number of hydrogen-bond acceptors (Lipinski definition) is 6. The van der Waals surface area contributed by atoms with Crippen molar-refractivity contribution in [2.45, 2.75) is 17.5 Å². The summed E-state index contributed by atoms with van der Waals surface area (Å²) in [4.78, 5) is 0. The Kier molecular flexibility index (Phi) is 3.78. The van der Waals surface area contributed by atoms with Crippen molar-refractivity contribution >= 4 is 11.8 Å². The van der Waals surface area contributed by atoms with Crippen molar-refractivity contribution in [3.63, 3.8) is 0 Å². The molecule has 0 aliphatic carbocycles. The Labute approximate surface area is 143 Å². The third-order valence-corrected chi connectivity index (χ3v) is 4.82. The first-order valence-corrected chi connectivity index (χ1v) is 8.54. The predicted molar refractivity (Wildman–Crippen MR) is 92.7 cm³/mol. The lowest BCUT2D eigenvalue weighted by atomic mass is 10.2. The van der Waals surface area contributed by atoms with Crippen molar-refractivity contribution in [1.82, 2.24) is 14.9 Å². The van der Waals surface area contributed by atoms with Crippen molar-refractivity contribution in [2.75, 3.05) is 12.0 Å². The van der Waals surface area contributed by atoms with E-state index in [-0.39, 0.29) is 11.1 Å². The Morgan fingerprint density at radius 1 is 1.17 bits per heavy atom. The number of nitrogens with one attached hydrogen (secondary N) is 1. The highest BCUT2D eigenvalue weighted by atomic mass is 32.2. The zero-order valence-electron chi connectivity index (χ0n) is 13.0. The quantitative estimate of drug-likeness (QED) is 0.758. The second kappa shape index (κ2) is 6.09. The van der Waals surface area contributed by atoms with Crippen molar-refractivity contribution in [3.05, 3.63) is 54.1 Å². The predicted octanol–water partition coefficient (Wildman–Crippen LogP) is 3.40. The van der Waals surface area contributed by atoms with Crippen LogP contribution in [-0.4, -0.2) is 26.6 Å². The van der Waals surface area contributed by atoms with Gasteiger partial charge in [-0.15, -0.1) is 10.2 Å². The fourth-order valence-corrected chi connectivity index (χ4v) is 3.64. The summed E-state index contributed by atoms with van der Waals surface area (Å²) < 4.78 is 7.33. The van der Waals surface area contributed by atoms with Gasteiger partial charge in [-0.1, -0.05) is 30.0 Å². The zero-order valence-corrected chi connectivity index (χ0v) is 13.8. The van der Waals surface area contributed by atoms with E-state index in [9.17, 15) is 5.11 Å². The average molecular weight is 340 g/mol. The van der Waals surface area contributed by atoms with Crippen LogP contribution in [0.3, 0.4) is 0 Å². The summed E-state index contributed by atoms with van der Waals surface area (Å²) in [5.41, 5.74) is 5.11. The zero-order chi connectivity index (χ0) is 16.5. The van der Waals surface area contributed by atoms with Gasteiger partial charge in [0.2, 0.25) is 5.16 Å². The third-order valence-electron chi connectivity index (χ3n) is 3.75. The molecule has 3 aromatic rings. The van der Waals surface area contributed by atoms with Gasteiger partial charge in [-0.25, -0.2) is 4.68 Å². The molecule has 0 radical (unpaired) electrons. The number of aromatic hydroxyl groups is 1. The molecule has 2 N–H and O–H groups in total. The molecule has 7 heteroatoms. The average Bonchev–Trinajstić information content (AvgIpc) is 3.17.